The van der Waals surface area contributed by atoms with Gasteiger partial charge in [0.1, 0.15) is 5.75 Å². The Labute approximate surface area is 203 Å². The van der Waals surface area contributed by atoms with Crippen molar-refractivity contribution in [2.24, 2.45) is 0 Å². The summed E-state index contributed by atoms with van der Waals surface area (Å²) >= 11 is 6.12. The lowest BCUT2D eigenvalue weighted by molar-refractivity contribution is 0.110. The molecule has 174 valence electrons. The zero-order valence-electron chi connectivity index (χ0n) is 19.4. The fraction of sp³-hybridized carbons (Fsp3) is 0.357. The van der Waals surface area contributed by atoms with Crippen molar-refractivity contribution in [3.05, 3.63) is 101 Å². The van der Waals surface area contributed by atoms with Gasteiger partial charge in [0, 0.05) is 56.4 Å². The highest BCUT2D eigenvalue weighted by Gasteiger charge is 2.26. The second-order valence-electron chi connectivity index (χ2n) is 8.46. The number of ether oxygens (including phenoxy) is 1. The van der Waals surface area contributed by atoms with Crippen LogP contribution in [0.4, 0.5) is 0 Å². The van der Waals surface area contributed by atoms with Crippen molar-refractivity contribution in [1.82, 2.24) is 15.1 Å². The molecule has 0 amide bonds. The molecular formula is C28H34ClN3O. The van der Waals surface area contributed by atoms with Crippen LogP contribution in [-0.4, -0.2) is 55.7 Å². The van der Waals surface area contributed by atoms with E-state index >= 15 is 0 Å². The number of hydrogen-bond donors (Lipinski definition) is 1. The normalized spacial score (nSPS) is 15.1. The Kier molecular flexibility index (Phi) is 8.79. The van der Waals surface area contributed by atoms with Crippen LogP contribution in [0.15, 0.2) is 78.9 Å². The van der Waals surface area contributed by atoms with Crippen LogP contribution in [0.5, 0.6) is 5.75 Å². The minimum atomic E-state index is 0.314. The molecule has 1 aliphatic rings. The molecule has 1 aliphatic heterocycles. The number of nitrogens with zero attached hydrogens (tertiary/aromatic N) is 2. The van der Waals surface area contributed by atoms with Crippen molar-refractivity contribution < 1.29 is 4.74 Å². The molecule has 0 unspecified atom stereocenters. The molecule has 4 rings (SSSR count). The predicted molar refractivity (Wildman–Crippen MR) is 137 cm³/mol. The Morgan fingerprint density at radius 3 is 2.12 bits per heavy atom. The molecule has 1 N–H and O–H groups in total. The Hall–Kier alpha value is -2.37. The van der Waals surface area contributed by atoms with Gasteiger partial charge in [-0.3, -0.25) is 9.80 Å². The first kappa shape index (κ1) is 23.8. The van der Waals surface area contributed by atoms with Crippen LogP contribution < -0.4 is 10.1 Å². The fourth-order valence-electron chi connectivity index (χ4n) is 4.55. The summed E-state index contributed by atoms with van der Waals surface area (Å²) in [6.07, 6.45) is 0. The number of piperazine rings is 1. The summed E-state index contributed by atoms with van der Waals surface area (Å²) in [4.78, 5) is 5.18. The highest BCUT2D eigenvalue weighted by molar-refractivity contribution is 6.30. The van der Waals surface area contributed by atoms with Crippen LogP contribution in [0.1, 0.15) is 29.7 Å². The Balaban J connectivity index is 1.28. The molecule has 0 saturated carbocycles. The van der Waals surface area contributed by atoms with E-state index < -0.39 is 0 Å². The summed E-state index contributed by atoms with van der Waals surface area (Å²) in [5, 5.41) is 4.29. The van der Waals surface area contributed by atoms with E-state index in [-0.39, 0.29) is 0 Å². The minimum Gasteiger partial charge on any atom is -0.493 e. The first-order chi connectivity index (χ1) is 16.2. The minimum absolute atomic E-state index is 0.314. The zero-order valence-corrected chi connectivity index (χ0v) is 20.2. The maximum atomic E-state index is 6.12. The standard InChI is InChI=1S/C28H34ClN3O/c1-2-33-27-21-26(29)14-13-25(27)22-30-15-16-31-17-19-32(20-18-31)28(23-9-5-3-6-10-23)24-11-7-4-8-12-24/h3-14,21,28,30H,2,15-20,22H2,1H3. The van der Waals surface area contributed by atoms with E-state index in [0.29, 0.717) is 17.7 Å². The smallest absolute Gasteiger partial charge is 0.125 e. The lowest BCUT2D eigenvalue weighted by Crippen LogP contribution is -2.49. The van der Waals surface area contributed by atoms with Gasteiger partial charge in [-0.2, -0.15) is 0 Å². The molecule has 1 saturated heterocycles. The van der Waals surface area contributed by atoms with E-state index in [0.717, 1.165) is 57.1 Å². The van der Waals surface area contributed by atoms with Gasteiger partial charge >= 0.3 is 0 Å². The van der Waals surface area contributed by atoms with Gasteiger partial charge in [0.15, 0.2) is 0 Å². The average molecular weight is 464 g/mol. The number of benzene rings is 3. The summed E-state index contributed by atoms with van der Waals surface area (Å²) < 4.78 is 5.73. The van der Waals surface area contributed by atoms with Crippen LogP contribution in [0.2, 0.25) is 5.02 Å². The summed E-state index contributed by atoms with van der Waals surface area (Å²) in [5.41, 5.74) is 3.89. The lowest BCUT2D eigenvalue weighted by atomic mass is 9.96. The van der Waals surface area contributed by atoms with Crippen molar-refractivity contribution >= 4 is 11.6 Å². The Bertz CT molecular complexity index is 935. The number of nitrogens with one attached hydrogen (secondary N) is 1. The number of halogens is 1. The summed E-state index contributed by atoms with van der Waals surface area (Å²) in [7, 11) is 0. The zero-order chi connectivity index (χ0) is 22.9. The summed E-state index contributed by atoms with van der Waals surface area (Å²) in [6.45, 7) is 9.74. The van der Waals surface area contributed by atoms with E-state index in [2.05, 4.69) is 75.8 Å². The number of rotatable bonds is 10. The molecule has 0 aliphatic carbocycles. The first-order valence-corrected chi connectivity index (χ1v) is 12.3. The SMILES string of the molecule is CCOc1cc(Cl)ccc1CNCCN1CCN(C(c2ccccc2)c2ccccc2)CC1. The topological polar surface area (TPSA) is 27.7 Å². The van der Waals surface area contributed by atoms with Gasteiger partial charge in [0.05, 0.1) is 12.6 Å². The van der Waals surface area contributed by atoms with Gasteiger partial charge in [-0.1, -0.05) is 78.3 Å². The van der Waals surface area contributed by atoms with Crippen LogP contribution >= 0.6 is 11.6 Å². The van der Waals surface area contributed by atoms with Crippen molar-refractivity contribution in [2.75, 3.05) is 45.9 Å². The van der Waals surface area contributed by atoms with Crippen LogP contribution in [0.25, 0.3) is 0 Å². The van der Waals surface area contributed by atoms with Crippen molar-refractivity contribution in [2.45, 2.75) is 19.5 Å². The Morgan fingerprint density at radius 1 is 0.879 bits per heavy atom. The maximum Gasteiger partial charge on any atom is 0.125 e. The van der Waals surface area contributed by atoms with Gasteiger partial charge in [0.2, 0.25) is 0 Å². The average Bonchev–Trinajstić information content (AvgIpc) is 2.86. The van der Waals surface area contributed by atoms with Gasteiger partial charge in [-0.25, -0.2) is 0 Å². The molecule has 0 spiro atoms. The third-order valence-corrected chi connectivity index (χ3v) is 6.49. The van der Waals surface area contributed by atoms with E-state index in [9.17, 15) is 0 Å². The summed E-state index contributed by atoms with van der Waals surface area (Å²) in [5.74, 6) is 0.874. The van der Waals surface area contributed by atoms with Gasteiger partial charge in [-0.05, 0) is 30.2 Å². The molecule has 0 radical (unpaired) electrons. The third kappa shape index (κ3) is 6.58. The molecule has 5 heteroatoms. The molecule has 33 heavy (non-hydrogen) atoms. The Morgan fingerprint density at radius 2 is 1.52 bits per heavy atom. The third-order valence-electron chi connectivity index (χ3n) is 6.25. The summed E-state index contributed by atoms with van der Waals surface area (Å²) in [6, 6.07) is 28.0. The van der Waals surface area contributed by atoms with Crippen molar-refractivity contribution in [3.8, 4) is 5.75 Å². The van der Waals surface area contributed by atoms with E-state index in [1.54, 1.807) is 0 Å². The highest BCUT2D eigenvalue weighted by Crippen LogP contribution is 2.29. The molecule has 1 heterocycles. The van der Waals surface area contributed by atoms with E-state index in [1.807, 2.05) is 25.1 Å². The largest absolute Gasteiger partial charge is 0.493 e. The van der Waals surface area contributed by atoms with Gasteiger partial charge in [0.25, 0.3) is 0 Å². The van der Waals surface area contributed by atoms with E-state index in [1.165, 1.54) is 11.1 Å². The molecule has 3 aromatic carbocycles. The van der Waals surface area contributed by atoms with Gasteiger partial charge in [-0.15, -0.1) is 0 Å². The molecule has 1 fully saturated rings. The van der Waals surface area contributed by atoms with Crippen LogP contribution in [0, 0.1) is 0 Å². The molecule has 0 aromatic heterocycles. The van der Waals surface area contributed by atoms with Crippen molar-refractivity contribution in [3.63, 3.8) is 0 Å². The van der Waals surface area contributed by atoms with Crippen molar-refractivity contribution in [1.29, 1.82) is 0 Å². The molecule has 0 bridgehead atoms. The maximum absolute atomic E-state index is 6.12. The second kappa shape index (κ2) is 12.2. The lowest BCUT2D eigenvalue weighted by Gasteiger charge is -2.39. The predicted octanol–water partition coefficient (Wildman–Crippen LogP) is 5.24. The van der Waals surface area contributed by atoms with Crippen LogP contribution in [0.3, 0.4) is 0 Å². The quantitative estimate of drug-likeness (QED) is 0.416. The monoisotopic (exact) mass is 463 g/mol. The fourth-order valence-corrected chi connectivity index (χ4v) is 4.72. The highest BCUT2D eigenvalue weighted by atomic mass is 35.5. The molecule has 0 atom stereocenters. The first-order valence-electron chi connectivity index (χ1n) is 11.9. The molecular weight excluding hydrogens is 430 g/mol. The molecule has 3 aromatic rings. The molecule has 4 nitrogen and oxygen atoms in total. The second-order valence-corrected chi connectivity index (χ2v) is 8.90. The van der Waals surface area contributed by atoms with Crippen LogP contribution in [-0.2, 0) is 6.54 Å². The van der Waals surface area contributed by atoms with Gasteiger partial charge < -0.3 is 10.1 Å². The van der Waals surface area contributed by atoms with E-state index in [4.69, 9.17) is 16.3 Å². The number of hydrogen-bond acceptors (Lipinski definition) is 4.